The van der Waals surface area contributed by atoms with Gasteiger partial charge >= 0.3 is 0 Å². The minimum absolute atomic E-state index is 0.954. The largest absolute Gasteiger partial charge is 0.316 e. The molecule has 0 aliphatic heterocycles. The van der Waals surface area contributed by atoms with Crippen molar-refractivity contribution in [2.75, 3.05) is 13.1 Å². The van der Waals surface area contributed by atoms with Crippen LogP contribution in [0.5, 0.6) is 0 Å². The molecule has 0 saturated heterocycles. The number of hydrogen-bond acceptors (Lipinski definition) is 1. The van der Waals surface area contributed by atoms with Gasteiger partial charge in [0.15, 0.2) is 0 Å². The highest BCUT2D eigenvalue weighted by Crippen LogP contribution is 2.46. The Balaban J connectivity index is 1.95. The quantitative estimate of drug-likeness (QED) is 0.637. The Morgan fingerprint density at radius 3 is 2.38 bits per heavy atom. The second-order valence-corrected chi connectivity index (χ2v) is 8.24. The molecule has 2 fully saturated rings. The van der Waals surface area contributed by atoms with E-state index in [1.807, 2.05) is 0 Å². The zero-order chi connectivity index (χ0) is 15.2. The number of nitrogens with one attached hydrogen (secondary N) is 1. The third-order valence-corrected chi connectivity index (χ3v) is 6.81. The minimum Gasteiger partial charge on any atom is -0.316 e. The lowest BCUT2D eigenvalue weighted by Crippen LogP contribution is -2.39. The maximum absolute atomic E-state index is 3.73. The second-order valence-electron chi connectivity index (χ2n) is 8.24. The van der Waals surface area contributed by atoms with E-state index in [1.54, 1.807) is 0 Å². The van der Waals surface area contributed by atoms with Crippen molar-refractivity contribution >= 4 is 0 Å². The summed E-state index contributed by atoms with van der Waals surface area (Å²) in [6, 6.07) is 0. The molecule has 1 heteroatoms. The smallest absolute Gasteiger partial charge is 0.00178 e. The maximum atomic E-state index is 3.73. The molecule has 2 aliphatic carbocycles. The van der Waals surface area contributed by atoms with Crippen molar-refractivity contribution in [3.05, 3.63) is 0 Å². The first kappa shape index (κ1) is 17.3. The summed E-state index contributed by atoms with van der Waals surface area (Å²) in [6.07, 6.45) is 11.7. The van der Waals surface area contributed by atoms with Gasteiger partial charge in [-0.25, -0.2) is 0 Å². The summed E-state index contributed by atoms with van der Waals surface area (Å²) in [5.41, 5.74) is 0. The predicted molar refractivity (Wildman–Crippen MR) is 93.4 cm³/mol. The van der Waals surface area contributed by atoms with E-state index in [9.17, 15) is 0 Å². The summed E-state index contributed by atoms with van der Waals surface area (Å²) in [6.45, 7) is 12.2. The van der Waals surface area contributed by atoms with Gasteiger partial charge in [0.05, 0.1) is 0 Å². The van der Waals surface area contributed by atoms with E-state index >= 15 is 0 Å². The third-order valence-electron chi connectivity index (χ3n) is 6.81. The van der Waals surface area contributed by atoms with Gasteiger partial charge in [-0.05, 0) is 80.7 Å². The Kier molecular flexibility index (Phi) is 7.05. The van der Waals surface area contributed by atoms with E-state index in [-0.39, 0.29) is 0 Å². The summed E-state index contributed by atoms with van der Waals surface area (Å²) >= 11 is 0. The van der Waals surface area contributed by atoms with Crippen molar-refractivity contribution in [3.8, 4) is 0 Å². The molecule has 0 spiro atoms. The van der Waals surface area contributed by atoms with E-state index in [4.69, 9.17) is 0 Å². The first-order chi connectivity index (χ1) is 10.2. The van der Waals surface area contributed by atoms with Crippen LogP contribution in [0.15, 0.2) is 0 Å². The van der Waals surface area contributed by atoms with Crippen molar-refractivity contribution < 1.29 is 0 Å². The van der Waals surface area contributed by atoms with Gasteiger partial charge < -0.3 is 5.32 Å². The first-order valence-electron chi connectivity index (χ1n) is 9.86. The maximum Gasteiger partial charge on any atom is -0.00178 e. The average Bonchev–Trinajstić information content (AvgIpc) is 2.50. The number of rotatable bonds is 6. The van der Waals surface area contributed by atoms with Crippen LogP contribution in [0.2, 0.25) is 0 Å². The lowest BCUT2D eigenvalue weighted by atomic mass is 9.62. The normalized spacial score (nSPS) is 41.1. The van der Waals surface area contributed by atoms with Crippen LogP contribution in [-0.4, -0.2) is 13.1 Å². The Labute approximate surface area is 133 Å². The lowest BCUT2D eigenvalue weighted by molar-refractivity contribution is 0.0656. The molecule has 2 aliphatic rings. The summed E-state index contributed by atoms with van der Waals surface area (Å²) in [4.78, 5) is 0. The van der Waals surface area contributed by atoms with E-state index in [0.717, 1.165) is 35.5 Å². The Hall–Kier alpha value is -0.0400. The molecule has 0 bridgehead atoms. The molecule has 1 N–H and O–H groups in total. The van der Waals surface area contributed by atoms with Crippen LogP contribution < -0.4 is 5.32 Å². The predicted octanol–water partition coefficient (Wildman–Crippen LogP) is 5.50. The van der Waals surface area contributed by atoms with Gasteiger partial charge in [0.1, 0.15) is 0 Å². The molecule has 0 radical (unpaired) electrons. The fourth-order valence-electron chi connectivity index (χ4n) is 5.00. The first-order valence-corrected chi connectivity index (χ1v) is 9.86. The van der Waals surface area contributed by atoms with Crippen LogP contribution in [0.4, 0.5) is 0 Å². The molecule has 2 saturated carbocycles. The van der Waals surface area contributed by atoms with Gasteiger partial charge in [-0.15, -0.1) is 0 Å². The van der Waals surface area contributed by atoms with Gasteiger partial charge in [-0.2, -0.15) is 0 Å². The second kappa shape index (κ2) is 8.56. The summed E-state index contributed by atoms with van der Waals surface area (Å²) in [5, 5.41) is 3.73. The molecule has 1 nitrogen and oxygen atoms in total. The highest BCUT2D eigenvalue weighted by atomic mass is 14.9. The summed E-state index contributed by atoms with van der Waals surface area (Å²) in [5.74, 6) is 5.94. The van der Waals surface area contributed by atoms with Crippen LogP contribution in [0.3, 0.4) is 0 Å². The minimum atomic E-state index is 0.954. The summed E-state index contributed by atoms with van der Waals surface area (Å²) < 4.78 is 0. The van der Waals surface area contributed by atoms with E-state index in [0.29, 0.717) is 0 Å². The molecular formula is C20H39N. The highest BCUT2D eigenvalue weighted by molar-refractivity contribution is 4.88. The van der Waals surface area contributed by atoms with Gasteiger partial charge in [0.25, 0.3) is 0 Å². The Morgan fingerprint density at radius 1 is 0.905 bits per heavy atom. The fourth-order valence-corrected chi connectivity index (χ4v) is 5.00. The molecule has 0 aromatic rings. The van der Waals surface area contributed by atoms with Crippen LogP contribution >= 0.6 is 0 Å². The lowest BCUT2D eigenvalue weighted by Gasteiger charge is -2.44. The molecule has 124 valence electrons. The molecule has 0 heterocycles. The van der Waals surface area contributed by atoms with Crippen molar-refractivity contribution in [3.63, 3.8) is 0 Å². The molecule has 21 heavy (non-hydrogen) atoms. The van der Waals surface area contributed by atoms with E-state index in [1.165, 1.54) is 64.5 Å². The van der Waals surface area contributed by atoms with Crippen LogP contribution in [0, 0.1) is 35.5 Å². The van der Waals surface area contributed by atoms with Gasteiger partial charge in [-0.3, -0.25) is 0 Å². The van der Waals surface area contributed by atoms with Crippen LogP contribution in [-0.2, 0) is 0 Å². The molecule has 0 aromatic heterocycles. The molecule has 0 aromatic carbocycles. The molecule has 0 amide bonds. The summed E-state index contributed by atoms with van der Waals surface area (Å²) in [7, 11) is 0. The van der Waals surface area contributed by atoms with Crippen LogP contribution in [0.1, 0.15) is 79.1 Å². The molecule has 2 rings (SSSR count). The van der Waals surface area contributed by atoms with Crippen LogP contribution in [0.25, 0.3) is 0 Å². The fraction of sp³-hybridized carbons (Fsp3) is 1.00. The standard InChI is InChI=1S/C20H39N/c1-5-11-21-14-19-10-8-17(6-2)13-20(19)18-9-7-15(3)16(4)12-18/h15-21H,5-14H2,1-4H3. The highest BCUT2D eigenvalue weighted by Gasteiger charge is 2.37. The number of hydrogen-bond donors (Lipinski definition) is 1. The van der Waals surface area contributed by atoms with Gasteiger partial charge in [-0.1, -0.05) is 47.0 Å². The molecule has 6 atom stereocenters. The van der Waals surface area contributed by atoms with Crippen molar-refractivity contribution in [1.82, 2.24) is 5.32 Å². The SMILES string of the molecule is CCCNCC1CCC(CC)CC1C1CCC(C)C(C)C1. The van der Waals surface area contributed by atoms with Crippen molar-refractivity contribution in [2.24, 2.45) is 35.5 Å². The van der Waals surface area contributed by atoms with Gasteiger partial charge in [0, 0.05) is 0 Å². The van der Waals surface area contributed by atoms with Crippen molar-refractivity contribution in [1.29, 1.82) is 0 Å². The van der Waals surface area contributed by atoms with E-state index < -0.39 is 0 Å². The monoisotopic (exact) mass is 293 g/mol. The zero-order valence-electron chi connectivity index (χ0n) is 15.0. The Bertz CT molecular complexity index is 286. The average molecular weight is 294 g/mol. The zero-order valence-corrected chi connectivity index (χ0v) is 15.0. The molecular weight excluding hydrogens is 254 g/mol. The van der Waals surface area contributed by atoms with Crippen molar-refractivity contribution in [2.45, 2.75) is 79.1 Å². The topological polar surface area (TPSA) is 12.0 Å². The molecule has 6 unspecified atom stereocenters. The van der Waals surface area contributed by atoms with E-state index in [2.05, 4.69) is 33.0 Å². The third kappa shape index (κ3) is 4.71. The Morgan fingerprint density at radius 2 is 1.71 bits per heavy atom. The van der Waals surface area contributed by atoms with Gasteiger partial charge in [0.2, 0.25) is 0 Å².